The van der Waals surface area contributed by atoms with E-state index in [1.165, 1.54) is 16.8 Å². The zero-order valence-electron chi connectivity index (χ0n) is 13.9. The zero-order chi connectivity index (χ0) is 16.2. The third-order valence-corrected chi connectivity index (χ3v) is 4.58. The topological polar surface area (TPSA) is 32.3 Å². The van der Waals surface area contributed by atoms with Crippen LogP contribution >= 0.6 is 0 Å². The van der Waals surface area contributed by atoms with Crippen LogP contribution in [0.15, 0.2) is 48.5 Å². The summed E-state index contributed by atoms with van der Waals surface area (Å²) in [7, 11) is 0. The summed E-state index contributed by atoms with van der Waals surface area (Å²) < 4.78 is 0. The first kappa shape index (κ1) is 15.6. The van der Waals surface area contributed by atoms with Crippen molar-refractivity contribution >= 4 is 11.6 Å². The van der Waals surface area contributed by atoms with Crippen LogP contribution in [-0.2, 0) is 17.6 Å². The number of fused-ring (bicyclic) bond motifs is 1. The smallest absolute Gasteiger partial charge is 0.239 e. The van der Waals surface area contributed by atoms with Gasteiger partial charge in [-0.15, -0.1) is 0 Å². The molecule has 0 unspecified atom stereocenters. The average Bonchev–Trinajstić information content (AvgIpc) is 2.98. The normalized spacial score (nSPS) is 14.4. The lowest BCUT2D eigenvalue weighted by atomic mass is 10.1. The van der Waals surface area contributed by atoms with E-state index < -0.39 is 0 Å². The maximum absolute atomic E-state index is 12.4. The van der Waals surface area contributed by atoms with Gasteiger partial charge in [0.2, 0.25) is 5.91 Å². The molecule has 0 spiro atoms. The Balaban J connectivity index is 1.59. The highest BCUT2D eigenvalue weighted by molar-refractivity contribution is 5.82. The van der Waals surface area contributed by atoms with Gasteiger partial charge < -0.3 is 10.2 Å². The van der Waals surface area contributed by atoms with Crippen molar-refractivity contribution in [1.29, 1.82) is 0 Å². The van der Waals surface area contributed by atoms with Crippen molar-refractivity contribution in [2.75, 3.05) is 18.0 Å². The van der Waals surface area contributed by atoms with Crippen LogP contribution in [-0.4, -0.2) is 19.0 Å². The summed E-state index contributed by atoms with van der Waals surface area (Å²) in [5.41, 5.74) is 5.00. The number of hydrogen-bond acceptors (Lipinski definition) is 2. The molecule has 3 heteroatoms. The van der Waals surface area contributed by atoms with Crippen molar-refractivity contribution in [1.82, 2.24) is 5.32 Å². The molecule has 2 aromatic rings. The molecule has 1 N–H and O–H groups in total. The molecule has 2 aromatic carbocycles. The molecular weight excluding hydrogens is 284 g/mol. The maximum Gasteiger partial charge on any atom is 0.239 e. The molecular formula is C20H24N2O. The van der Waals surface area contributed by atoms with E-state index in [2.05, 4.69) is 59.6 Å². The predicted octanol–water partition coefficient (Wildman–Crippen LogP) is 3.49. The van der Waals surface area contributed by atoms with Gasteiger partial charge in [0.25, 0.3) is 0 Å². The summed E-state index contributed by atoms with van der Waals surface area (Å²) in [6, 6.07) is 16.9. The quantitative estimate of drug-likeness (QED) is 0.917. The first-order chi connectivity index (χ1) is 11.2. The van der Waals surface area contributed by atoms with Gasteiger partial charge in [-0.25, -0.2) is 0 Å². The van der Waals surface area contributed by atoms with Gasteiger partial charge in [-0.2, -0.15) is 0 Å². The number of carbonyl (C=O) groups is 1. The second-order valence-electron chi connectivity index (χ2n) is 6.18. The lowest BCUT2D eigenvalue weighted by molar-refractivity contribution is -0.120. The molecule has 3 nitrogen and oxygen atoms in total. The Morgan fingerprint density at radius 3 is 2.65 bits per heavy atom. The minimum Gasteiger partial charge on any atom is -0.362 e. The van der Waals surface area contributed by atoms with Gasteiger partial charge in [0.05, 0.1) is 12.6 Å². The lowest BCUT2D eigenvalue weighted by Crippen LogP contribution is -2.37. The molecule has 120 valence electrons. The molecule has 1 heterocycles. The third-order valence-electron chi connectivity index (χ3n) is 4.58. The van der Waals surface area contributed by atoms with E-state index in [1.54, 1.807) is 0 Å². The van der Waals surface area contributed by atoms with Crippen LogP contribution in [0, 0.1) is 0 Å². The van der Waals surface area contributed by atoms with Crippen LogP contribution in [0.2, 0.25) is 0 Å². The highest BCUT2D eigenvalue weighted by Gasteiger charge is 2.21. The standard InChI is InChI=1S/C20H24N2O/c1-3-16-8-10-17(11-9-16)15(2)21-20(23)14-22-13-12-18-6-4-5-7-19(18)22/h4-11,15H,3,12-14H2,1-2H3,(H,21,23)/t15-/m0/s1. The van der Waals surface area contributed by atoms with Crippen molar-refractivity contribution in [3.8, 4) is 0 Å². The molecule has 1 atom stereocenters. The molecule has 23 heavy (non-hydrogen) atoms. The van der Waals surface area contributed by atoms with E-state index in [0.29, 0.717) is 6.54 Å². The van der Waals surface area contributed by atoms with E-state index in [1.807, 2.05) is 13.0 Å². The highest BCUT2D eigenvalue weighted by Crippen LogP contribution is 2.26. The molecule has 0 saturated heterocycles. The van der Waals surface area contributed by atoms with Crippen molar-refractivity contribution in [2.45, 2.75) is 32.7 Å². The maximum atomic E-state index is 12.4. The van der Waals surface area contributed by atoms with Crippen molar-refractivity contribution in [3.05, 3.63) is 65.2 Å². The fourth-order valence-corrected chi connectivity index (χ4v) is 3.16. The Labute approximate surface area is 138 Å². The Morgan fingerprint density at radius 2 is 1.91 bits per heavy atom. The Hall–Kier alpha value is -2.29. The molecule has 1 aliphatic heterocycles. The lowest BCUT2D eigenvalue weighted by Gasteiger charge is -2.21. The predicted molar refractivity (Wildman–Crippen MR) is 94.7 cm³/mol. The summed E-state index contributed by atoms with van der Waals surface area (Å²) in [5.74, 6) is 0.0776. The minimum atomic E-state index is 0.0336. The molecule has 0 radical (unpaired) electrons. The van der Waals surface area contributed by atoms with Crippen molar-refractivity contribution in [3.63, 3.8) is 0 Å². The molecule has 0 bridgehead atoms. The number of benzene rings is 2. The third kappa shape index (κ3) is 3.55. The SMILES string of the molecule is CCc1ccc([C@H](C)NC(=O)CN2CCc3ccccc32)cc1. The summed E-state index contributed by atoms with van der Waals surface area (Å²) in [4.78, 5) is 14.5. The van der Waals surface area contributed by atoms with Crippen LogP contribution in [0.4, 0.5) is 5.69 Å². The fourth-order valence-electron chi connectivity index (χ4n) is 3.16. The van der Waals surface area contributed by atoms with E-state index in [4.69, 9.17) is 0 Å². The van der Waals surface area contributed by atoms with E-state index in [0.717, 1.165) is 24.9 Å². The van der Waals surface area contributed by atoms with E-state index in [9.17, 15) is 4.79 Å². The fraction of sp³-hybridized carbons (Fsp3) is 0.350. The molecule has 0 fully saturated rings. The Morgan fingerprint density at radius 1 is 1.17 bits per heavy atom. The van der Waals surface area contributed by atoms with Gasteiger partial charge in [0.1, 0.15) is 0 Å². The van der Waals surface area contributed by atoms with Crippen molar-refractivity contribution in [2.24, 2.45) is 0 Å². The first-order valence-corrected chi connectivity index (χ1v) is 8.38. The van der Waals surface area contributed by atoms with Gasteiger partial charge >= 0.3 is 0 Å². The number of nitrogens with zero attached hydrogens (tertiary/aromatic N) is 1. The number of anilines is 1. The number of hydrogen-bond donors (Lipinski definition) is 1. The first-order valence-electron chi connectivity index (χ1n) is 8.38. The van der Waals surface area contributed by atoms with E-state index in [-0.39, 0.29) is 11.9 Å². The summed E-state index contributed by atoms with van der Waals surface area (Å²) in [5, 5.41) is 3.11. The summed E-state index contributed by atoms with van der Waals surface area (Å²) in [6.45, 7) is 5.53. The molecule has 0 saturated carbocycles. The summed E-state index contributed by atoms with van der Waals surface area (Å²) >= 11 is 0. The molecule has 1 aliphatic rings. The van der Waals surface area contributed by atoms with Gasteiger partial charge in [-0.1, -0.05) is 49.4 Å². The molecule has 3 rings (SSSR count). The molecule has 0 aliphatic carbocycles. The zero-order valence-corrected chi connectivity index (χ0v) is 13.9. The number of nitrogens with one attached hydrogen (secondary N) is 1. The summed E-state index contributed by atoms with van der Waals surface area (Å²) in [6.07, 6.45) is 2.06. The number of rotatable bonds is 5. The highest BCUT2D eigenvalue weighted by atomic mass is 16.2. The average molecular weight is 308 g/mol. The number of amides is 1. The van der Waals surface area contributed by atoms with Crippen LogP contribution in [0.25, 0.3) is 0 Å². The van der Waals surface area contributed by atoms with Gasteiger partial charge in [0, 0.05) is 12.2 Å². The van der Waals surface area contributed by atoms with Crippen LogP contribution in [0.3, 0.4) is 0 Å². The van der Waals surface area contributed by atoms with Gasteiger partial charge in [0.15, 0.2) is 0 Å². The second kappa shape index (κ2) is 6.86. The second-order valence-corrected chi connectivity index (χ2v) is 6.18. The number of carbonyl (C=O) groups excluding carboxylic acids is 1. The Kier molecular flexibility index (Phi) is 4.65. The monoisotopic (exact) mass is 308 g/mol. The largest absolute Gasteiger partial charge is 0.362 e. The number of para-hydroxylation sites is 1. The van der Waals surface area contributed by atoms with Crippen molar-refractivity contribution < 1.29 is 4.79 Å². The Bertz CT molecular complexity index is 678. The van der Waals surface area contributed by atoms with Crippen LogP contribution in [0.1, 0.15) is 36.6 Å². The van der Waals surface area contributed by atoms with E-state index >= 15 is 0 Å². The van der Waals surface area contributed by atoms with Gasteiger partial charge in [-0.3, -0.25) is 4.79 Å². The van der Waals surface area contributed by atoms with Gasteiger partial charge in [-0.05, 0) is 42.5 Å². The van der Waals surface area contributed by atoms with Crippen LogP contribution < -0.4 is 10.2 Å². The van der Waals surface area contributed by atoms with Crippen LogP contribution in [0.5, 0.6) is 0 Å². The molecule has 0 aromatic heterocycles. The molecule has 1 amide bonds. The minimum absolute atomic E-state index is 0.0336. The number of aryl methyl sites for hydroxylation is 1.